The summed E-state index contributed by atoms with van der Waals surface area (Å²) in [6.45, 7) is 31.9. The molecule has 0 saturated carbocycles. The molecule has 25 nitrogen and oxygen atoms in total. The van der Waals surface area contributed by atoms with Crippen molar-refractivity contribution in [3.63, 3.8) is 0 Å². The van der Waals surface area contributed by atoms with Crippen molar-refractivity contribution in [2.45, 2.75) is 259 Å². The number of nitrogens with one attached hydrogen (secondary N) is 4. The van der Waals surface area contributed by atoms with Crippen molar-refractivity contribution in [1.29, 1.82) is 0 Å². The van der Waals surface area contributed by atoms with E-state index in [2.05, 4.69) is 26.2 Å². The van der Waals surface area contributed by atoms with Crippen molar-refractivity contribution in [2.24, 2.45) is 35.5 Å². The van der Waals surface area contributed by atoms with Crippen LogP contribution in [0.25, 0.3) is 0 Å². The van der Waals surface area contributed by atoms with Gasteiger partial charge in [0.25, 0.3) is 5.91 Å². The Morgan fingerprint density at radius 2 is 0.990 bits per heavy atom. The number of carbonyl (C=O) groups excluding carboxylic acids is 11. The number of nitrogens with zero attached hydrogens (tertiary/aromatic N) is 8. The summed E-state index contributed by atoms with van der Waals surface area (Å²) in [7, 11) is 9.92. The number of rotatable bonds is 21. The molecule has 0 aliphatic carbocycles. The van der Waals surface area contributed by atoms with E-state index in [1.807, 2.05) is 47.6 Å². The highest BCUT2D eigenvalue weighted by Crippen LogP contribution is 2.28. The summed E-state index contributed by atoms with van der Waals surface area (Å²) in [5.41, 5.74) is -1.58. The maximum Gasteiger partial charge on any atom is 0.256 e. The van der Waals surface area contributed by atoms with Gasteiger partial charge in [-0.05, 0) is 153 Å². The van der Waals surface area contributed by atoms with Crippen LogP contribution in [0.2, 0.25) is 0 Å². The van der Waals surface area contributed by atoms with Gasteiger partial charge < -0.3 is 70.7 Å². The molecule has 0 aromatic rings. The van der Waals surface area contributed by atoms with Crippen molar-refractivity contribution in [3.8, 4) is 0 Å². The Morgan fingerprint density at radius 1 is 0.521 bits per heavy atom. The largest absolute Gasteiger partial charge is 0.390 e. The molecule has 0 radical (unpaired) electrons. The van der Waals surface area contributed by atoms with E-state index in [9.17, 15) is 29.4 Å². The molecule has 2 aliphatic heterocycles. The number of hydrogen-bond acceptors (Lipinski definition) is 15. The third-order valence-corrected chi connectivity index (χ3v) is 19.9. The Hall–Kier alpha value is -5.86. The summed E-state index contributed by atoms with van der Waals surface area (Å²) in [6.07, 6.45) is 6.07. The van der Waals surface area contributed by atoms with Crippen LogP contribution in [-0.4, -0.2) is 267 Å². The third kappa shape index (κ3) is 24.8. The molecular formula is C70H126N12O13S. The Kier molecular flexibility index (Phi) is 35.6. The maximum absolute atomic E-state index is 15.4. The van der Waals surface area contributed by atoms with Crippen LogP contribution in [0, 0.1) is 35.5 Å². The zero-order chi connectivity index (χ0) is 73.7. The van der Waals surface area contributed by atoms with E-state index >= 15 is 33.6 Å². The van der Waals surface area contributed by atoms with Gasteiger partial charge >= 0.3 is 0 Å². The zero-order valence-corrected chi connectivity index (χ0v) is 63.6. The average Bonchev–Trinajstić information content (AvgIpc) is 0.862. The fraction of sp³-hybridized carbons (Fsp3) is 0.814. The number of hydrogen-bond donors (Lipinski definition) is 6. The first-order valence-electron chi connectivity index (χ1n) is 34.9. The molecule has 11 amide bonds. The summed E-state index contributed by atoms with van der Waals surface area (Å²) >= 11 is 1.17. The zero-order valence-electron chi connectivity index (χ0n) is 62.8. The predicted molar refractivity (Wildman–Crippen MR) is 376 cm³/mol. The van der Waals surface area contributed by atoms with Crippen molar-refractivity contribution < 1.29 is 63.0 Å². The van der Waals surface area contributed by atoms with Gasteiger partial charge in [-0.15, -0.1) is 11.8 Å². The molecule has 96 heavy (non-hydrogen) atoms. The monoisotopic (exact) mass is 1370 g/mol. The lowest BCUT2D eigenvalue weighted by molar-refractivity contribution is -0.157. The summed E-state index contributed by atoms with van der Waals surface area (Å²) in [5, 5.41) is 33.5. The summed E-state index contributed by atoms with van der Waals surface area (Å²) in [4.78, 5) is 175. The predicted octanol–water partition coefficient (Wildman–Crippen LogP) is 4.32. The fourth-order valence-electron chi connectivity index (χ4n) is 12.5. The second kappa shape index (κ2) is 39.7. The summed E-state index contributed by atoms with van der Waals surface area (Å²) in [6, 6.07) is -13.1. The minimum absolute atomic E-state index is 0.0202. The Bertz CT molecular complexity index is 2630. The first-order chi connectivity index (χ1) is 44.5. The lowest BCUT2D eigenvalue weighted by atomic mass is 9.91. The molecule has 0 aromatic carbocycles. The van der Waals surface area contributed by atoms with E-state index in [-0.39, 0.29) is 49.9 Å². The van der Waals surface area contributed by atoms with Crippen molar-refractivity contribution >= 4 is 76.7 Å². The second-order valence-electron chi connectivity index (χ2n) is 29.7. The Morgan fingerprint density at radius 3 is 1.48 bits per heavy atom. The SMILES string of the molecule is C/C=C/C[C@@H](C)[C@@H](O)[C@H]1C(=O)N[C@@H](CC)C(=O)N(C)[C@H](SCCCCN2CCCC2)C(=O)N(C)[C@@H](CC(C)(C)O)C(=O)N[C@@H](C(C)C)C(=O)N(C)[C@@H](CC(C)C)C(=O)N[C@@H](C)C(=O)N[C@H](C)C(=O)N(C)[C@@H](CC(C)C)C(=O)N(C)[C@@H](CC(C)C)C(=O)N(C)[C@@H](C(C)C)C(=O)N1C. The van der Waals surface area contributed by atoms with Gasteiger partial charge in [0, 0.05) is 55.8 Å². The molecule has 2 fully saturated rings. The van der Waals surface area contributed by atoms with Gasteiger partial charge in [-0.1, -0.05) is 95.2 Å². The topological polar surface area (TPSA) is 302 Å². The van der Waals surface area contributed by atoms with Crippen molar-refractivity contribution in [1.82, 2.24) is 60.5 Å². The van der Waals surface area contributed by atoms with Crippen LogP contribution in [0.15, 0.2) is 12.2 Å². The van der Waals surface area contributed by atoms with Crippen LogP contribution in [-0.2, 0) is 52.7 Å². The fourth-order valence-corrected chi connectivity index (χ4v) is 13.7. The van der Waals surface area contributed by atoms with E-state index in [1.165, 1.54) is 113 Å². The number of thioether (sulfide) groups is 1. The lowest BCUT2D eigenvalue weighted by Crippen LogP contribution is -2.64. The van der Waals surface area contributed by atoms with Crippen LogP contribution in [0.4, 0.5) is 0 Å². The smallest absolute Gasteiger partial charge is 0.256 e. The molecule has 13 atom stereocenters. The number of aliphatic hydroxyl groups is 2. The normalized spacial score (nSPS) is 27.1. The number of likely N-dealkylation sites (tertiary alicyclic amines) is 1. The van der Waals surface area contributed by atoms with Gasteiger partial charge in [0.2, 0.25) is 59.1 Å². The number of allylic oxidation sites excluding steroid dienone is 2. The average molecular weight is 1380 g/mol. The van der Waals surface area contributed by atoms with E-state index in [0.29, 0.717) is 18.6 Å². The highest BCUT2D eigenvalue weighted by molar-refractivity contribution is 8.00. The number of carbonyl (C=O) groups is 11. The van der Waals surface area contributed by atoms with Gasteiger partial charge in [0.15, 0.2) is 5.37 Å². The molecule has 2 heterocycles. The molecular weight excluding hydrogens is 1250 g/mol. The summed E-state index contributed by atoms with van der Waals surface area (Å²) < 4.78 is 0. The van der Waals surface area contributed by atoms with Gasteiger partial charge in [-0.25, -0.2) is 0 Å². The number of amides is 11. The first-order valence-corrected chi connectivity index (χ1v) is 36.0. The minimum atomic E-state index is -1.65. The molecule has 2 saturated heterocycles. The van der Waals surface area contributed by atoms with Gasteiger partial charge in [-0.2, -0.15) is 0 Å². The minimum Gasteiger partial charge on any atom is -0.390 e. The molecule has 0 unspecified atom stereocenters. The highest BCUT2D eigenvalue weighted by atomic mass is 32.2. The lowest BCUT2D eigenvalue weighted by Gasteiger charge is -2.41. The molecule has 2 aliphatic rings. The number of aliphatic hydroxyl groups excluding tert-OH is 1. The molecule has 0 bridgehead atoms. The van der Waals surface area contributed by atoms with Gasteiger partial charge in [0.05, 0.1) is 11.7 Å². The van der Waals surface area contributed by atoms with Crippen LogP contribution in [0.5, 0.6) is 0 Å². The van der Waals surface area contributed by atoms with E-state index in [4.69, 9.17) is 0 Å². The van der Waals surface area contributed by atoms with Crippen LogP contribution < -0.4 is 21.3 Å². The van der Waals surface area contributed by atoms with Crippen molar-refractivity contribution in [2.75, 3.05) is 74.7 Å². The molecule has 0 aromatic heterocycles. The quantitative estimate of drug-likeness (QED) is 0.0689. The van der Waals surface area contributed by atoms with Crippen LogP contribution >= 0.6 is 11.8 Å². The molecule has 550 valence electrons. The third-order valence-electron chi connectivity index (χ3n) is 18.5. The number of likely N-dealkylation sites (N-methyl/N-ethyl adjacent to an activating group) is 7. The summed E-state index contributed by atoms with van der Waals surface area (Å²) in [5.74, 6) is -9.81. The first kappa shape index (κ1) is 86.2. The second-order valence-corrected chi connectivity index (χ2v) is 30.8. The van der Waals surface area contributed by atoms with Crippen molar-refractivity contribution in [3.05, 3.63) is 12.2 Å². The number of unbranched alkanes of at least 4 members (excludes halogenated alkanes) is 1. The molecule has 2 rings (SSSR count). The highest BCUT2D eigenvalue weighted by Gasteiger charge is 2.47. The van der Waals surface area contributed by atoms with E-state index in [0.717, 1.165) is 48.7 Å². The van der Waals surface area contributed by atoms with Crippen LogP contribution in [0.1, 0.15) is 182 Å². The standard InChI is InChI=1S/C70H126N12O13S/c1-25-27-32-46(13)57(83)56-61(87)73-49(26-2)63(89)81(24)69(96-36-31-30-35-82-33-28-29-34-82)68(94)78(21)53(40-70(16,17)95)60(86)74-54(44(9)10)66(92)75(18)50(37-41(3)4)59(85)71-47(14)58(84)72-48(15)62(88)76(19)51(38-42(5)6)64(90)77(20)52(39-43(7)8)65(91)79(22)55(45(11)12)67(93)80(56)23/h25,27,41-57,69,83,95H,26,28-40H2,1-24H3,(H,71,85)(H,72,84)(H,73,87)(H,74,86)/b27-25+/t46-,47+,48-,49+,50+,51+,52+,53+,54+,55+,56+,57-,69-/m1/s1. The van der Waals surface area contributed by atoms with Gasteiger partial charge in [-0.3, -0.25) is 52.7 Å². The molecule has 26 heteroatoms. The Labute approximate surface area is 579 Å². The maximum atomic E-state index is 15.4. The van der Waals surface area contributed by atoms with E-state index in [1.54, 1.807) is 54.5 Å². The van der Waals surface area contributed by atoms with Gasteiger partial charge in [0.1, 0.15) is 60.4 Å². The van der Waals surface area contributed by atoms with E-state index < -0.39 is 160 Å². The Balaban J connectivity index is 3.11. The molecule has 0 spiro atoms. The molecule has 6 N–H and O–H groups in total. The van der Waals surface area contributed by atoms with Crippen LogP contribution in [0.3, 0.4) is 0 Å².